The molecule has 1 aliphatic rings. The zero-order valence-corrected chi connectivity index (χ0v) is 10.4. The molecule has 16 heavy (non-hydrogen) atoms. The van der Waals surface area contributed by atoms with Crippen molar-refractivity contribution < 1.29 is 0 Å². The molecule has 1 saturated carbocycles. The highest BCUT2D eigenvalue weighted by atomic mass is 15.1. The molecule has 1 aromatic rings. The van der Waals surface area contributed by atoms with E-state index in [2.05, 4.69) is 34.9 Å². The average Bonchev–Trinajstić information content (AvgIpc) is 2.96. The first-order valence-electron chi connectivity index (χ1n) is 6.49. The summed E-state index contributed by atoms with van der Waals surface area (Å²) in [6, 6.07) is 0.765. The number of aryl methyl sites for hydroxylation is 1. The molecule has 1 aromatic heterocycles. The Balaban J connectivity index is 1.76. The predicted molar refractivity (Wildman–Crippen MR) is 66.2 cm³/mol. The van der Waals surface area contributed by atoms with Crippen LogP contribution >= 0.6 is 0 Å². The van der Waals surface area contributed by atoms with E-state index in [4.69, 9.17) is 0 Å². The highest BCUT2D eigenvalue weighted by Crippen LogP contribution is 2.19. The fourth-order valence-corrected chi connectivity index (χ4v) is 1.90. The van der Waals surface area contributed by atoms with Crippen molar-refractivity contribution in [2.24, 2.45) is 5.92 Å². The zero-order chi connectivity index (χ0) is 11.4. The van der Waals surface area contributed by atoms with Crippen LogP contribution in [-0.2, 0) is 13.1 Å². The molecule has 0 saturated heterocycles. The minimum absolute atomic E-state index is 0.765. The lowest BCUT2D eigenvalue weighted by Crippen LogP contribution is -2.19. The van der Waals surface area contributed by atoms with E-state index < -0.39 is 0 Å². The van der Waals surface area contributed by atoms with Gasteiger partial charge in [-0.2, -0.15) is 0 Å². The Morgan fingerprint density at radius 1 is 1.50 bits per heavy atom. The molecular formula is C13H23N3. The van der Waals surface area contributed by atoms with Crippen LogP contribution in [0.5, 0.6) is 0 Å². The third-order valence-corrected chi connectivity index (χ3v) is 3.11. The maximum Gasteiger partial charge on any atom is 0.122 e. The predicted octanol–water partition coefficient (Wildman–Crippen LogP) is 2.57. The summed E-state index contributed by atoms with van der Waals surface area (Å²) in [6.07, 6.45) is 9.25. The topological polar surface area (TPSA) is 29.9 Å². The zero-order valence-electron chi connectivity index (χ0n) is 10.4. The lowest BCUT2D eigenvalue weighted by Gasteiger charge is -2.09. The first kappa shape index (κ1) is 11.6. The van der Waals surface area contributed by atoms with Gasteiger partial charge in [-0.05, 0) is 31.6 Å². The minimum atomic E-state index is 0.765. The molecule has 0 bridgehead atoms. The number of nitrogens with one attached hydrogen (secondary N) is 1. The molecule has 1 aliphatic carbocycles. The van der Waals surface area contributed by atoms with E-state index >= 15 is 0 Å². The van der Waals surface area contributed by atoms with E-state index in [1.54, 1.807) is 0 Å². The van der Waals surface area contributed by atoms with Crippen LogP contribution in [0.25, 0.3) is 0 Å². The van der Waals surface area contributed by atoms with E-state index in [1.807, 2.05) is 6.20 Å². The van der Waals surface area contributed by atoms with Crippen LogP contribution in [-0.4, -0.2) is 15.6 Å². The van der Waals surface area contributed by atoms with Gasteiger partial charge in [0.15, 0.2) is 0 Å². The molecule has 0 amide bonds. The number of imidazole rings is 1. The van der Waals surface area contributed by atoms with E-state index in [0.717, 1.165) is 25.0 Å². The lowest BCUT2D eigenvalue weighted by atomic mass is 10.1. The van der Waals surface area contributed by atoms with Crippen molar-refractivity contribution in [3.8, 4) is 0 Å². The Morgan fingerprint density at radius 3 is 3.00 bits per heavy atom. The Morgan fingerprint density at radius 2 is 2.31 bits per heavy atom. The van der Waals surface area contributed by atoms with E-state index in [9.17, 15) is 0 Å². The second kappa shape index (κ2) is 5.48. The van der Waals surface area contributed by atoms with Gasteiger partial charge in [0.2, 0.25) is 0 Å². The molecule has 3 nitrogen and oxygen atoms in total. The molecule has 1 N–H and O–H groups in total. The van der Waals surface area contributed by atoms with Crippen molar-refractivity contribution in [2.75, 3.05) is 0 Å². The summed E-state index contributed by atoms with van der Waals surface area (Å²) in [5.74, 6) is 1.99. The van der Waals surface area contributed by atoms with Crippen molar-refractivity contribution in [1.29, 1.82) is 0 Å². The van der Waals surface area contributed by atoms with Crippen LogP contribution in [0.1, 0.15) is 45.4 Å². The smallest absolute Gasteiger partial charge is 0.122 e. The van der Waals surface area contributed by atoms with Gasteiger partial charge < -0.3 is 9.88 Å². The van der Waals surface area contributed by atoms with Gasteiger partial charge in [-0.25, -0.2) is 4.98 Å². The highest BCUT2D eigenvalue weighted by Gasteiger charge is 2.20. The molecule has 3 heteroatoms. The Labute approximate surface area is 98.3 Å². The quantitative estimate of drug-likeness (QED) is 0.767. The minimum Gasteiger partial charge on any atom is -0.334 e. The van der Waals surface area contributed by atoms with Crippen molar-refractivity contribution in [3.05, 3.63) is 18.2 Å². The molecule has 0 atom stereocenters. The van der Waals surface area contributed by atoms with Crippen LogP contribution in [0, 0.1) is 5.92 Å². The second-order valence-electron chi connectivity index (χ2n) is 5.23. The van der Waals surface area contributed by atoms with Crippen molar-refractivity contribution in [1.82, 2.24) is 14.9 Å². The molecule has 1 heterocycles. The molecule has 2 rings (SSSR count). The largest absolute Gasteiger partial charge is 0.334 e. The molecule has 0 spiro atoms. The Hall–Kier alpha value is -0.830. The van der Waals surface area contributed by atoms with Gasteiger partial charge in [-0.15, -0.1) is 0 Å². The first-order valence-corrected chi connectivity index (χ1v) is 6.49. The van der Waals surface area contributed by atoms with Crippen LogP contribution in [0.4, 0.5) is 0 Å². The van der Waals surface area contributed by atoms with Gasteiger partial charge in [-0.1, -0.05) is 13.8 Å². The van der Waals surface area contributed by atoms with E-state index in [0.29, 0.717) is 0 Å². The monoisotopic (exact) mass is 221 g/mol. The van der Waals surface area contributed by atoms with Gasteiger partial charge >= 0.3 is 0 Å². The number of hydrogen-bond acceptors (Lipinski definition) is 2. The number of aromatic nitrogens is 2. The van der Waals surface area contributed by atoms with Crippen molar-refractivity contribution in [3.63, 3.8) is 0 Å². The molecule has 1 fully saturated rings. The average molecular weight is 221 g/mol. The molecular weight excluding hydrogens is 198 g/mol. The molecule has 0 radical (unpaired) electrons. The highest BCUT2D eigenvalue weighted by molar-refractivity contribution is 4.94. The molecule has 0 aliphatic heterocycles. The fourth-order valence-electron chi connectivity index (χ4n) is 1.90. The van der Waals surface area contributed by atoms with Gasteiger partial charge in [0.05, 0.1) is 6.54 Å². The van der Waals surface area contributed by atoms with E-state index in [1.165, 1.54) is 31.5 Å². The second-order valence-corrected chi connectivity index (χ2v) is 5.23. The third-order valence-electron chi connectivity index (χ3n) is 3.11. The summed E-state index contributed by atoms with van der Waals surface area (Å²) in [5.41, 5.74) is 0. The number of rotatable bonds is 7. The van der Waals surface area contributed by atoms with Crippen molar-refractivity contribution >= 4 is 0 Å². The maximum absolute atomic E-state index is 4.41. The number of nitrogens with zero attached hydrogens (tertiary/aromatic N) is 2. The SMILES string of the molecule is CC(C)CCCn1ccnc1CNC1CC1. The summed E-state index contributed by atoms with van der Waals surface area (Å²) >= 11 is 0. The maximum atomic E-state index is 4.41. The summed E-state index contributed by atoms with van der Waals surface area (Å²) in [4.78, 5) is 4.41. The number of hydrogen-bond donors (Lipinski definition) is 1. The van der Waals surface area contributed by atoms with E-state index in [-0.39, 0.29) is 0 Å². The standard InChI is InChI=1S/C13H23N3/c1-11(2)4-3-8-16-9-7-14-13(16)10-15-12-5-6-12/h7,9,11-12,15H,3-6,8,10H2,1-2H3. The van der Waals surface area contributed by atoms with Gasteiger partial charge in [0.25, 0.3) is 0 Å². The Kier molecular flexibility index (Phi) is 3.99. The fraction of sp³-hybridized carbons (Fsp3) is 0.769. The van der Waals surface area contributed by atoms with Gasteiger partial charge in [0, 0.05) is 25.0 Å². The lowest BCUT2D eigenvalue weighted by molar-refractivity contribution is 0.497. The summed E-state index contributed by atoms with van der Waals surface area (Å²) in [7, 11) is 0. The van der Waals surface area contributed by atoms with Gasteiger partial charge in [-0.3, -0.25) is 0 Å². The first-order chi connectivity index (χ1) is 7.75. The van der Waals surface area contributed by atoms with Crippen molar-refractivity contribution in [2.45, 2.75) is 58.7 Å². The van der Waals surface area contributed by atoms with Crippen LogP contribution in [0.3, 0.4) is 0 Å². The Bertz CT molecular complexity index is 313. The summed E-state index contributed by atoms with van der Waals surface area (Å²) < 4.78 is 2.29. The van der Waals surface area contributed by atoms with Crippen LogP contribution < -0.4 is 5.32 Å². The van der Waals surface area contributed by atoms with Crippen LogP contribution in [0.2, 0.25) is 0 Å². The third kappa shape index (κ3) is 3.63. The molecule has 0 unspecified atom stereocenters. The van der Waals surface area contributed by atoms with Gasteiger partial charge in [0.1, 0.15) is 5.82 Å². The molecule has 90 valence electrons. The normalized spacial score (nSPS) is 15.9. The summed E-state index contributed by atoms with van der Waals surface area (Å²) in [6.45, 7) is 6.60. The molecule has 0 aromatic carbocycles. The van der Waals surface area contributed by atoms with Crippen LogP contribution in [0.15, 0.2) is 12.4 Å². The summed E-state index contributed by atoms with van der Waals surface area (Å²) in [5, 5.41) is 3.52.